The molecule has 1 aromatic carbocycles. The lowest BCUT2D eigenvalue weighted by molar-refractivity contribution is -0.141. The van der Waals surface area contributed by atoms with Crippen molar-refractivity contribution in [2.45, 2.75) is 62.6 Å². The van der Waals surface area contributed by atoms with Crippen molar-refractivity contribution in [3.05, 3.63) is 51.2 Å². The molecule has 32 heavy (non-hydrogen) atoms. The molecule has 0 saturated carbocycles. The molecule has 0 aliphatic rings. The fourth-order valence-electron chi connectivity index (χ4n) is 3.00. The fraction of sp³-hybridized carbons (Fsp3) is 0.476. The fourth-order valence-corrected chi connectivity index (χ4v) is 5.56. The summed E-state index contributed by atoms with van der Waals surface area (Å²) in [6, 6.07) is 8.46. The topological polar surface area (TPSA) is 83.5 Å². The highest BCUT2D eigenvalue weighted by Crippen LogP contribution is 2.31. The van der Waals surface area contributed by atoms with Gasteiger partial charge in [-0.25, -0.2) is 13.1 Å². The zero-order chi connectivity index (χ0) is 23.9. The maximum Gasteiger partial charge on any atom is 0.389 e. The minimum Gasteiger partial charge on any atom is -0.481 e. The van der Waals surface area contributed by atoms with Crippen LogP contribution >= 0.6 is 22.9 Å². The number of carboxylic acid groups (broad SMARTS) is 1. The molecule has 0 bridgehead atoms. The smallest absolute Gasteiger partial charge is 0.389 e. The quantitative estimate of drug-likeness (QED) is 0.332. The van der Waals surface area contributed by atoms with E-state index in [1.807, 2.05) is 0 Å². The van der Waals surface area contributed by atoms with Crippen LogP contribution in [0.4, 0.5) is 13.2 Å². The number of alkyl halides is 3. The second-order valence-corrected chi connectivity index (χ2v) is 10.9. The van der Waals surface area contributed by atoms with E-state index in [1.54, 1.807) is 19.1 Å². The third-order valence-corrected chi connectivity index (χ3v) is 7.89. The zero-order valence-corrected chi connectivity index (χ0v) is 19.8. The van der Waals surface area contributed by atoms with Crippen LogP contribution in [0, 0.1) is 5.92 Å². The number of halogens is 4. The Hall–Kier alpha value is -1.62. The first kappa shape index (κ1) is 26.6. The molecule has 0 fully saturated rings. The standard InChI is InChI=1S/C21H25ClF3NO4S2/c1-14(20(27)28)5-8-16-9-12-19(31-16)18(4-2-3-13-21(23,24)25)26-32(29,30)17-10-6-15(22)7-11-17/h6-7,9-12,14,18,26H,2-5,8,13H2,1H3,(H,27,28). The number of aryl methyl sites for hydroxylation is 1. The molecule has 1 aromatic heterocycles. The number of hydrogen-bond acceptors (Lipinski definition) is 4. The lowest BCUT2D eigenvalue weighted by Crippen LogP contribution is -2.28. The first-order valence-electron chi connectivity index (χ1n) is 10.0. The predicted molar refractivity (Wildman–Crippen MR) is 118 cm³/mol. The van der Waals surface area contributed by atoms with Crippen LogP contribution in [-0.4, -0.2) is 25.7 Å². The number of hydrogen-bond donors (Lipinski definition) is 2. The van der Waals surface area contributed by atoms with E-state index in [1.165, 1.54) is 35.6 Å². The van der Waals surface area contributed by atoms with Crippen LogP contribution in [0.3, 0.4) is 0 Å². The third kappa shape index (κ3) is 8.73. The summed E-state index contributed by atoms with van der Waals surface area (Å²) >= 11 is 7.15. The molecular formula is C21H25ClF3NO4S2. The number of carboxylic acids is 1. The minimum atomic E-state index is -4.25. The maximum absolute atomic E-state index is 12.8. The van der Waals surface area contributed by atoms with Gasteiger partial charge in [-0.1, -0.05) is 24.9 Å². The highest BCUT2D eigenvalue weighted by Gasteiger charge is 2.27. The van der Waals surface area contributed by atoms with Gasteiger partial charge in [0.1, 0.15) is 0 Å². The molecule has 2 aromatic rings. The molecule has 2 unspecified atom stereocenters. The van der Waals surface area contributed by atoms with Gasteiger partial charge < -0.3 is 5.11 Å². The van der Waals surface area contributed by atoms with Gasteiger partial charge in [0.05, 0.1) is 16.9 Å². The molecule has 2 N–H and O–H groups in total. The molecule has 178 valence electrons. The van der Waals surface area contributed by atoms with Gasteiger partial charge in [0.15, 0.2) is 0 Å². The molecule has 2 rings (SSSR count). The number of unbranched alkanes of at least 4 members (excludes halogenated alkanes) is 1. The van der Waals surface area contributed by atoms with E-state index in [9.17, 15) is 26.4 Å². The summed E-state index contributed by atoms with van der Waals surface area (Å²) in [6.45, 7) is 1.61. The summed E-state index contributed by atoms with van der Waals surface area (Å²) in [7, 11) is -3.92. The van der Waals surface area contributed by atoms with E-state index in [-0.39, 0.29) is 24.2 Å². The summed E-state index contributed by atoms with van der Waals surface area (Å²) in [6.07, 6.45) is -3.94. The average Bonchev–Trinajstić information content (AvgIpc) is 3.17. The Morgan fingerprint density at radius 3 is 2.38 bits per heavy atom. The van der Waals surface area contributed by atoms with E-state index < -0.39 is 40.5 Å². The second-order valence-electron chi connectivity index (χ2n) is 7.57. The van der Waals surface area contributed by atoms with Gasteiger partial charge in [-0.05, 0) is 62.1 Å². The van der Waals surface area contributed by atoms with E-state index in [2.05, 4.69) is 4.72 Å². The molecule has 0 aliphatic heterocycles. The minimum absolute atomic E-state index is 0.00857. The molecule has 0 radical (unpaired) electrons. The zero-order valence-electron chi connectivity index (χ0n) is 17.4. The Morgan fingerprint density at radius 2 is 1.78 bits per heavy atom. The van der Waals surface area contributed by atoms with Gasteiger partial charge in [0.2, 0.25) is 10.0 Å². The maximum atomic E-state index is 12.8. The van der Waals surface area contributed by atoms with Gasteiger partial charge in [-0.2, -0.15) is 13.2 Å². The van der Waals surface area contributed by atoms with E-state index in [0.29, 0.717) is 22.7 Å². The number of nitrogens with one attached hydrogen (secondary N) is 1. The van der Waals surface area contributed by atoms with E-state index in [0.717, 1.165) is 4.88 Å². The van der Waals surface area contributed by atoms with Crippen LogP contribution in [0.25, 0.3) is 0 Å². The SMILES string of the molecule is CC(CCc1ccc(C(CCCCC(F)(F)F)NS(=O)(=O)c2ccc(Cl)cc2)s1)C(=O)O. The van der Waals surface area contributed by atoms with Crippen molar-refractivity contribution in [3.8, 4) is 0 Å². The number of rotatable bonds is 12. The molecule has 0 spiro atoms. The van der Waals surface area contributed by atoms with Crippen LogP contribution in [0.15, 0.2) is 41.3 Å². The first-order valence-corrected chi connectivity index (χ1v) is 12.7. The monoisotopic (exact) mass is 511 g/mol. The number of sulfonamides is 1. The third-order valence-electron chi connectivity index (χ3n) is 4.90. The van der Waals surface area contributed by atoms with E-state index >= 15 is 0 Å². The summed E-state index contributed by atoms with van der Waals surface area (Å²) in [4.78, 5) is 12.6. The lowest BCUT2D eigenvalue weighted by Gasteiger charge is -2.18. The summed E-state index contributed by atoms with van der Waals surface area (Å²) < 4.78 is 65.7. The lowest BCUT2D eigenvalue weighted by atomic mass is 10.1. The van der Waals surface area contributed by atoms with Crippen molar-refractivity contribution in [2.75, 3.05) is 0 Å². The first-order chi connectivity index (χ1) is 14.9. The molecule has 5 nitrogen and oxygen atoms in total. The van der Waals surface area contributed by atoms with Crippen molar-refractivity contribution < 1.29 is 31.5 Å². The Labute approximate surface area is 194 Å². The van der Waals surface area contributed by atoms with Crippen molar-refractivity contribution >= 4 is 38.9 Å². The van der Waals surface area contributed by atoms with Gasteiger partial charge in [0.25, 0.3) is 0 Å². The van der Waals surface area contributed by atoms with Crippen molar-refractivity contribution in [2.24, 2.45) is 5.92 Å². The Kier molecular flexibility index (Phi) is 9.56. The highest BCUT2D eigenvalue weighted by atomic mass is 35.5. The van der Waals surface area contributed by atoms with Crippen molar-refractivity contribution in [3.63, 3.8) is 0 Å². The Morgan fingerprint density at radius 1 is 1.12 bits per heavy atom. The van der Waals surface area contributed by atoms with Gasteiger partial charge in [-0.15, -0.1) is 11.3 Å². The summed E-state index contributed by atoms with van der Waals surface area (Å²) in [5.41, 5.74) is 0. The number of carbonyl (C=O) groups is 1. The van der Waals surface area contributed by atoms with Crippen molar-refractivity contribution in [1.82, 2.24) is 4.72 Å². The molecule has 2 atom stereocenters. The Balaban J connectivity index is 2.15. The van der Waals surface area contributed by atoms with E-state index in [4.69, 9.17) is 16.7 Å². The number of thiophene rings is 1. The number of benzene rings is 1. The molecule has 1 heterocycles. The predicted octanol–water partition coefficient (Wildman–Crippen LogP) is 6.20. The van der Waals surface area contributed by atoms with Gasteiger partial charge in [0, 0.05) is 21.2 Å². The normalized spacial score (nSPS) is 14.3. The largest absolute Gasteiger partial charge is 0.481 e. The van der Waals surface area contributed by atoms with Crippen LogP contribution in [-0.2, 0) is 21.2 Å². The van der Waals surface area contributed by atoms with Gasteiger partial charge >= 0.3 is 12.1 Å². The average molecular weight is 512 g/mol. The Bertz CT molecular complexity index is 991. The van der Waals surface area contributed by atoms with Crippen molar-refractivity contribution in [1.29, 1.82) is 0 Å². The highest BCUT2D eigenvalue weighted by molar-refractivity contribution is 7.89. The van der Waals surface area contributed by atoms with Gasteiger partial charge in [-0.3, -0.25) is 4.79 Å². The molecule has 11 heteroatoms. The van der Waals surface area contributed by atoms with Crippen LogP contribution in [0.1, 0.15) is 54.8 Å². The van der Waals surface area contributed by atoms with Crippen LogP contribution < -0.4 is 4.72 Å². The van der Waals surface area contributed by atoms with Crippen LogP contribution in [0.5, 0.6) is 0 Å². The molecule has 0 saturated heterocycles. The summed E-state index contributed by atoms with van der Waals surface area (Å²) in [5, 5.41) is 9.40. The van der Waals surface area contributed by atoms with Crippen LogP contribution in [0.2, 0.25) is 5.02 Å². The summed E-state index contributed by atoms with van der Waals surface area (Å²) in [5.74, 6) is -1.40. The molecule has 0 aliphatic carbocycles. The number of aliphatic carboxylic acids is 1. The second kappa shape index (κ2) is 11.5. The molecular weight excluding hydrogens is 487 g/mol. The molecule has 0 amide bonds.